The van der Waals surface area contributed by atoms with Crippen molar-refractivity contribution in [3.05, 3.63) is 46.6 Å². The Morgan fingerprint density at radius 1 is 1.06 bits per heavy atom. The molecule has 1 saturated carbocycles. The van der Waals surface area contributed by atoms with Gasteiger partial charge in [-0.2, -0.15) is 0 Å². The fraction of sp³-hybridized carbons (Fsp3) is 0.643. The van der Waals surface area contributed by atoms with E-state index in [2.05, 4.69) is 45.9 Å². The molecule has 0 unspecified atom stereocenters. The van der Waals surface area contributed by atoms with Crippen LogP contribution >= 0.6 is 0 Å². The number of fused-ring (bicyclic) bond motifs is 4. The Kier molecular flexibility index (Phi) is 4.77. The second kappa shape index (κ2) is 7.05. The first-order valence-electron chi connectivity index (χ1n) is 12.2. The smallest absolute Gasteiger partial charge is 0.309 e. The van der Waals surface area contributed by atoms with Crippen LogP contribution in [0.4, 0.5) is 0 Å². The highest BCUT2D eigenvalue weighted by molar-refractivity contribution is 5.92. The number of ketones is 1. The van der Waals surface area contributed by atoms with Gasteiger partial charge in [0.2, 0.25) is 0 Å². The molecule has 0 spiro atoms. The molecule has 0 bridgehead atoms. The number of ether oxygens (including phenoxy) is 1. The molecule has 1 saturated heterocycles. The van der Waals surface area contributed by atoms with Crippen LogP contribution in [-0.2, 0) is 14.3 Å². The summed E-state index contributed by atoms with van der Waals surface area (Å²) < 4.78 is 5.68. The van der Waals surface area contributed by atoms with Gasteiger partial charge < -0.3 is 4.74 Å². The van der Waals surface area contributed by atoms with Gasteiger partial charge in [-0.05, 0) is 85.0 Å². The summed E-state index contributed by atoms with van der Waals surface area (Å²) in [7, 11) is 0. The number of rotatable bonds is 2. The van der Waals surface area contributed by atoms with E-state index in [1.807, 2.05) is 13.0 Å². The predicted octanol–water partition coefficient (Wildman–Crippen LogP) is 6.12. The largest absolute Gasteiger partial charge is 0.458 e. The van der Waals surface area contributed by atoms with Crippen molar-refractivity contribution < 1.29 is 14.3 Å². The van der Waals surface area contributed by atoms with Crippen molar-refractivity contribution in [2.24, 2.45) is 34.5 Å². The van der Waals surface area contributed by atoms with Crippen molar-refractivity contribution in [3.63, 3.8) is 0 Å². The highest BCUT2D eigenvalue weighted by Crippen LogP contribution is 2.63. The summed E-state index contributed by atoms with van der Waals surface area (Å²) in [6, 6.07) is 0. The number of hydrogen-bond donors (Lipinski definition) is 0. The summed E-state index contributed by atoms with van der Waals surface area (Å²) in [6.45, 7) is 11.2. The third-order valence-electron chi connectivity index (χ3n) is 9.80. The van der Waals surface area contributed by atoms with Crippen LogP contribution in [0.25, 0.3) is 0 Å². The Hall–Kier alpha value is -1.90. The quantitative estimate of drug-likeness (QED) is 0.399. The maximum Gasteiger partial charge on any atom is 0.309 e. The third-order valence-corrected chi connectivity index (χ3v) is 9.80. The Labute approximate surface area is 186 Å². The topological polar surface area (TPSA) is 43.4 Å². The lowest BCUT2D eigenvalue weighted by Crippen LogP contribution is -2.41. The summed E-state index contributed by atoms with van der Waals surface area (Å²) >= 11 is 0. The fourth-order valence-corrected chi connectivity index (χ4v) is 7.46. The van der Waals surface area contributed by atoms with Crippen molar-refractivity contribution in [1.82, 2.24) is 0 Å². The van der Waals surface area contributed by atoms with Gasteiger partial charge in [-0.1, -0.05) is 51.0 Å². The monoisotopic (exact) mass is 420 g/mol. The summed E-state index contributed by atoms with van der Waals surface area (Å²) in [4.78, 5) is 24.0. The van der Waals surface area contributed by atoms with E-state index in [0.717, 1.165) is 12.8 Å². The van der Waals surface area contributed by atoms with Crippen LogP contribution in [0, 0.1) is 34.5 Å². The normalized spacial score (nSPS) is 44.6. The molecule has 5 rings (SSSR count). The van der Waals surface area contributed by atoms with Gasteiger partial charge in [-0.25, -0.2) is 0 Å². The predicted molar refractivity (Wildman–Crippen MR) is 122 cm³/mol. The first-order chi connectivity index (χ1) is 14.6. The lowest BCUT2D eigenvalue weighted by atomic mass is 9.53. The number of carbonyl (C=O) groups excluding carboxylic acids is 2. The molecule has 0 amide bonds. The van der Waals surface area contributed by atoms with E-state index in [0.29, 0.717) is 18.3 Å². The molecule has 3 heteroatoms. The maximum atomic E-state index is 12.0. The zero-order chi connectivity index (χ0) is 22.1. The average Bonchev–Trinajstić information content (AvgIpc) is 3.20. The summed E-state index contributed by atoms with van der Waals surface area (Å²) in [6.07, 6.45) is 15.1. The SMILES string of the molecule is C/C(=C\[C@H]1OC(=O)[C@H](C)[C@@H]1C)[C@H]1CCC2=C3C=CC4=CC(=O)CC[C@]4(C)[C@H]3CC[C@@]21C. The highest BCUT2D eigenvalue weighted by Gasteiger charge is 2.53. The molecule has 1 heterocycles. The number of allylic oxidation sites excluding steroid dienone is 7. The second-order valence-corrected chi connectivity index (χ2v) is 11.3. The minimum atomic E-state index is -0.0832. The number of carbonyl (C=O) groups is 2. The van der Waals surface area contributed by atoms with Crippen molar-refractivity contribution in [3.8, 4) is 0 Å². The van der Waals surface area contributed by atoms with Crippen molar-refractivity contribution in [1.29, 1.82) is 0 Å². The van der Waals surface area contributed by atoms with Crippen molar-refractivity contribution >= 4 is 11.8 Å². The van der Waals surface area contributed by atoms with Crippen LogP contribution < -0.4 is 0 Å². The summed E-state index contributed by atoms with van der Waals surface area (Å²) in [5, 5.41) is 0. The molecule has 1 aliphatic heterocycles. The summed E-state index contributed by atoms with van der Waals surface area (Å²) in [5.74, 6) is 1.51. The zero-order valence-corrected chi connectivity index (χ0v) is 19.7. The highest BCUT2D eigenvalue weighted by atomic mass is 16.6. The van der Waals surface area contributed by atoms with Gasteiger partial charge in [-0.15, -0.1) is 0 Å². The number of cyclic esters (lactones) is 1. The first-order valence-corrected chi connectivity index (χ1v) is 12.2. The maximum absolute atomic E-state index is 12.0. The van der Waals surface area contributed by atoms with Crippen LogP contribution in [-0.4, -0.2) is 17.9 Å². The summed E-state index contributed by atoms with van der Waals surface area (Å²) in [5.41, 5.74) is 6.16. The number of hydrogen-bond acceptors (Lipinski definition) is 3. The Morgan fingerprint density at radius 2 is 1.84 bits per heavy atom. The molecule has 4 aliphatic carbocycles. The molecule has 0 aromatic rings. The molecule has 3 nitrogen and oxygen atoms in total. The molecule has 0 N–H and O–H groups in total. The van der Waals surface area contributed by atoms with E-state index in [-0.39, 0.29) is 40.5 Å². The minimum Gasteiger partial charge on any atom is -0.458 e. The van der Waals surface area contributed by atoms with E-state index in [4.69, 9.17) is 4.74 Å². The number of esters is 1. The second-order valence-electron chi connectivity index (χ2n) is 11.3. The lowest BCUT2D eigenvalue weighted by molar-refractivity contribution is -0.142. The van der Waals surface area contributed by atoms with Crippen LogP contribution in [0.2, 0.25) is 0 Å². The van der Waals surface area contributed by atoms with E-state index < -0.39 is 0 Å². The molecule has 5 aliphatic rings. The van der Waals surface area contributed by atoms with Gasteiger partial charge in [0.15, 0.2) is 5.78 Å². The van der Waals surface area contributed by atoms with Crippen molar-refractivity contribution in [2.45, 2.75) is 79.2 Å². The molecule has 31 heavy (non-hydrogen) atoms. The van der Waals surface area contributed by atoms with Gasteiger partial charge in [0.25, 0.3) is 0 Å². The lowest BCUT2D eigenvalue weighted by Gasteiger charge is -2.50. The molecule has 0 aromatic heterocycles. The van der Waals surface area contributed by atoms with E-state index in [9.17, 15) is 9.59 Å². The van der Waals surface area contributed by atoms with Crippen LogP contribution in [0.5, 0.6) is 0 Å². The van der Waals surface area contributed by atoms with E-state index >= 15 is 0 Å². The van der Waals surface area contributed by atoms with Crippen molar-refractivity contribution in [2.75, 3.05) is 0 Å². The third kappa shape index (κ3) is 2.98. The molecule has 166 valence electrons. The van der Waals surface area contributed by atoms with Gasteiger partial charge >= 0.3 is 5.97 Å². The van der Waals surface area contributed by atoms with E-state index in [1.54, 1.807) is 11.1 Å². The Morgan fingerprint density at radius 3 is 2.55 bits per heavy atom. The fourth-order valence-electron chi connectivity index (χ4n) is 7.46. The molecular formula is C28H36O3. The molecular weight excluding hydrogens is 384 g/mol. The molecule has 0 aromatic carbocycles. The molecule has 2 fully saturated rings. The van der Waals surface area contributed by atoms with Crippen LogP contribution in [0.15, 0.2) is 46.6 Å². The van der Waals surface area contributed by atoms with E-state index in [1.165, 1.54) is 30.4 Å². The zero-order valence-electron chi connectivity index (χ0n) is 19.7. The first kappa shape index (κ1) is 21.0. The van der Waals surface area contributed by atoms with Gasteiger partial charge in [0, 0.05) is 12.3 Å². The minimum absolute atomic E-state index is 0.0147. The van der Waals surface area contributed by atoms with Crippen LogP contribution in [0.1, 0.15) is 73.1 Å². The van der Waals surface area contributed by atoms with Gasteiger partial charge in [-0.3, -0.25) is 9.59 Å². The molecule has 7 atom stereocenters. The van der Waals surface area contributed by atoms with Gasteiger partial charge in [0.05, 0.1) is 5.92 Å². The standard InChI is InChI=1S/C28H36O3/c1-16(14-25-17(2)18(3)26(30)31-25)22-8-9-23-21-7-6-19-15-20(29)10-12-27(19,4)24(21)11-13-28(22,23)5/h6-7,14-15,17-18,22,24-25H,8-13H2,1-5H3/b16-14+/t17-,18+,22+,24-,25+,27-,28+/m0/s1. The Bertz CT molecular complexity index is 963. The molecule has 0 radical (unpaired) electrons. The average molecular weight is 421 g/mol. The Balaban J connectivity index is 1.48. The van der Waals surface area contributed by atoms with Gasteiger partial charge in [0.1, 0.15) is 6.10 Å². The van der Waals surface area contributed by atoms with Crippen LogP contribution in [0.3, 0.4) is 0 Å².